The van der Waals surface area contributed by atoms with Crippen LogP contribution in [0.25, 0.3) is 0 Å². The van der Waals surface area contributed by atoms with Gasteiger partial charge in [0.2, 0.25) is 17.4 Å². The number of benzene rings is 1. The van der Waals surface area contributed by atoms with Crippen LogP contribution >= 0.6 is 0 Å². The topological polar surface area (TPSA) is 89.5 Å². The van der Waals surface area contributed by atoms with E-state index in [1.165, 1.54) is 32.1 Å². The molecule has 0 bridgehead atoms. The van der Waals surface area contributed by atoms with Crippen molar-refractivity contribution in [3.63, 3.8) is 0 Å². The number of ether oxygens (including phenoxy) is 6. The van der Waals surface area contributed by atoms with Crippen molar-refractivity contribution in [3.05, 3.63) is 29.3 Å². The van der Waals surface area contributed by atoms with Crippen molar-refractivity contribution in [2.75, 3.05) is 66.1 Å². The van der Waals surface area contributed by atoms with E-state index in [9.17, 15) is 27.2 Å². The molecule has 1 aliphatic rings. The van der Waals surface area contributed by atoms with E-state index < -0.39 is 35.0 Å². The lowest BCUT2D eigenvalue weighted by molar-refractivity contribution is -0.136. The van der Waals surface area contributed by atoms with Gasteiger partial charge in [0.15, 0.2) is 11.6 Å². The molecule has 8 nitrogen and oxygen atoms in total. The van der Waals surface area contributed by atoms with Gasteiger partial charge in [-0.2, -0.15) is 8.78 Å². The van der Waals surface area contributed by atoms with Crippen LogP contribution in [0.3, 0.4) is 0 Å². The van der Waals surface area contributed by atoms with Gasteiger partial charge in [-0.15, -0.1) is 0 Å². The highest BCUT2D eigenvalue weighted by Gasteiger charge is 2.23. The van der Waals surface area contributed by atoms with Gasteiger partial charge in [-0.05, 0) is 12.8 Å². The van der Waals surface area contributed by atoms with Gasteiger partial charge < -0.3 is 28.4 Å². The molecule has 240 valence electrons. The number of carbonyl (C=O) groups is 2. The first-order valence-corrected chi connectivity index (χ1v) is 14.8. The molecule has 0 aliphatic heterocycles. The molecule has 1 aromatic carbocycles. The molecule has 0 spiro atoms. The maximum absolute atomic E-state index is 13.5. The molecule has 12 heteroatoms. The largest absolute Gasteiger partial charge is 0.420 e. The summed E-state index contributed by atoms with van der Waals surface area (Å²) in [6.07, 6.45) is 10.8. The minimum absolute atomic E-state index is 0.0223. The van der Waals surface area contributed by atoms with E-state index in [0.717, 1.165) is 25.7 Å². The van der Waals surface area contributed by atoms with Crippen molar-refractivity contribution >= 4 is 11.8 Å². The smallest absolute Gasteiger partial charge is 0.313 e. The van der Waals surface area contributed by atoms with Gasteiger partial charge in [0.25, 0.3) is 0 Å². The molecule has 0 saturated heterocycles. The van der Waals surface area contributed by atoms with Gasteiger partial charge >= 0.3 is 5.97 Å². The Balaban J connectivity index is 1.34. The molecule has 0 amide bonds. The Morgan fingerprint density at radius 1 is 0.571 bits per heavy atom. The number of carbonyl (C=O) groups excluding carboxylic acids is 2. The van der Waals surface area contributed by atoms with Crippen molar-refractivity contribution < 1.29 is 55.6 Å². The first-order chi connectivity index (χ1) is 20.4. The van der Waals surface area contributed by atoms with Crippen LogP contribution in [0.15, 0.2) is 6.07 Å². The number of hydrogen-bond acceptors (Lipinski definition) is 8. The monoisotopic (exact) mass is 608 g/mol. The molecule has 0 unspecified atom stereocenters. The lowest BCUT2D eigenvalue weighted by Crippen LogP contribution is -2.18. The van der Waals surface area contributed by atoms with E-state index in [1.807, 2.05) is 0 Å². The SMILES string of the molecule is O=C(CCOCCOCCOCCOCCOCCC(=O)C1CCCCCCCCC1)Oc1c(F)c(F)cc(F)c1F. The van der Waals surface area contributed by atoms with Gasteiger partial charge in [-0.3, -0.25) is 9.59 Å². The fourth-order valence-corrected chi connectivity index (χ4v) is 4.45. The number of halogens is 4. The second-order valence-corrected chi connectivity index (χ2v) is 10.0. The van der Waals surface area contributed by atoms with Crippen LogP contribution in [0.2, 0.25) is 0 Å². The van der Waals surface area contributed by atoms with E-state index in [2.05, 4.69) is 4.74 Å². The number of ketones is 1. The number of hydrogen-bond donors (Lipinski definition) is 0. The fourth-order valence-electron chi connectivity index (χ4n) is 4.45. The normalized spacial score (nSPS) is 15.0. The molecule has 1 aliphatic carbocycles. The highest BCUT2D eigenvalue weighted by atomic mass is 19.2. The van der Waals surface area contributed by atoms with Crippen molar-refractivity contribution in [2.24, 2.45) is 5.92 Å². The molecule has 1 aromatic rings. The third-order valence-corrected chi connectivity index (χ3v) is 6.78. The van der Waals surface area contributed by atoms with E-state index >= 15 is 0 Å². The summed E-state index contributed by atoms with van der Waals surface area (Å²) >= 11 is 0. The first-order valence-electron chi connectivity index (χ1n) is 14.8. The van der Waals surface area contributed by atoms with Crippen LogP contribution in [0.5, 0.6) is 5.75 Å². The summed E-state index contributed by atoms with van der Waals surface area (Å²) in [7, 11) is 0. The Hall–Kier alpha value is -2.12. The highest BCUT2D eigenvalue weighted by Crippen LogP contribution is 2.27. The average Bonchev–Trinajstić information content (AvgIpc) is 2.98. The first kappa shape index (κ1) is 36.1. The lowest BCUT2D eigenvalue weighted by Gasteiger charge is -2.17. The summed E-state index contributed by atoms with van der Waals surface area (Å²) in [5.41, 5.74) is 0. The van der Waals surface area contributed by atoms with Crippen molar-refractivity contribution in [2.45, 2.75) is 70.6 Å². The van der Waals surface area contributed by atoms with Gasteiger partial charge in [0.05, 0.1) is 72.5 Å². The van der Waals surface area contributed by atoms with E-state index in [-0.39, 0.29) is 38.2 Å². The summed E-state index contributed by atoms with van der Waals surface area (Å²) in [6, 6.07) is 0.0223. The molecule has 2 rings (SSSR count). The van der Waals surface area contributed by atoms with Crippen LogP contribution in [-0.4, -0.2) is 77.8 Å². The molecule has 42 heavy (non-hydrogen) atoms. The predicted molar refractivity (Wildman–Crippen MR) is 145 cm³/mol. The summed E-state index contributed by atoms with van der Waals surface area (Å²) in [5, 5.41) is 0. The molecule has 0 atom stereocenters. The predicted octanol–water partition coefficient (Wildman–Crippen LogP) is 5.72. The molecule has 1 saturated carbocycles. The van der Waals surface area contributed by atoms with Gasteiger partial charge in [0.1, 0.15) is 5.78 Å². The minimum atomic E-state index is -1.79. The van der Waals surface area contributed by atoms with E-state index in [1.54, 1.807) is 0 Å². The van der Waals surface area contributed by atoms with Crippen LogP contribution in [0.1, 0.15) is 70.6 Å². The Labute approximate surface area is 245 Å². The Morgan fingerprint density at radius 2 is 0.952 bits per heavy atom. The Morgan fingerprint density at radius 3 is 1.40 bits per heavy atom. The maximum Gasteiger partial charge on any atom is 0.313 e. The van der Waals surface area contributed by atoms with Gasteiger partial charge in [-0.25, -0.2) is 8.78 Å². The standard InChI is InChI=1S/C30H44F4O8/c31-24-22-25(32)29(34)30(28(24)33)42-27(36)11-13-38-15-17-40-19-21-41-20-18-39-16-14-37-12-10-26(35)23-8-6-4-2-1-3-5-7-9-23/h22-23H,1-21H2. The Kier molecular flexibility index (Phi) is 19.3. The zero-order valence-electron chi connectivity index (χ0n) is 24.3. The van der Waals surface area contributed by atoms with Crippen LogP contribution in [0, 0.1) is 29.2 Å². The molecule has 0 N–H and O–H groups in total. The number of rotatable bonds is 20. The van der Waals surface area contributed by atoms with E-state index in [4.69, 9.17) is 23.7 Å². The lowest BCUT2D eigenvalue weighted by atomic mass is 9.88. The third-order valence-electron chi connectivity index (χ3n) is 6.78. The maximum atomic E-state index is 13.5. The molecular formula is C30H44F4O8. The second-order valence-electron chi connectivity index (χ2n) is 10.0. The molecule has 0 radical (unpaired) electrons. The van der Waals surface area contributed by atoms with Crippen molar-refractivity contribution in [3.8, 4) is 5.75 Å². The molecule has 0 heterocycles. The van der Waals surface area contributed by atoms with Gasteiger partial charge in [0, 0.05) is 18.4 Å². The van der Waals surface area contributed by atoms with Crippen LogP contribution in [-0.2, 0) is 33.3 Å². The Bertz CT molecular complexity index is 882. The van der Waals surface area contributed by atoms with Crippen LogP contribution in [0.4, 0.5) is 17.6 Å². The number of Topliss-reactive ketones (excluding diaryl/α,β-unsaturated/α-hetero) is 1. The summed E-state index contributed by atoms with van der Waals surface area (Å²) in [5.74, 6) is -8.93. The fraction of sp³-hybridized carbons (Fsp3) is 0.733. The van der Waals surface area contributed by atoms with Crippen molar-refractivity contribution in [1.82, 2.24) is 0 Å². The quantitative estimate of drug-likeness (QED) is 0.0611. The highest BCUT2D eigenvalue weighted by molar-refractivity contribution is 5.81. The van der Waals surface area contributed by atoms with Crippen LogP contribution < -0.4 is 4.74 Å². The van der Waals surface area contributed by atoms with E-state index in [0.29, 0.717) is 58.5 Å². The zero-order chi connectivity index (χ0) is 30.4. The molecule has 0 aromatic heterocycles. The number of esters is 1. The summed E-state index contributed by atoms with van der Waals surface area (Å²) in [6.45, 7) is 2.94. The summed E-state index contributed by atoms with van der Waals surface area (Å²) < 4.78 is 84.5. The molecule has 1 fully saturated rings. The second kappa shape index (κ2) is 22.4. The summed E-state index contributed by atoms with van der Waals surface area (Å²) in [4.78, 5) is 24.2. The minimum Gasteiger partial charge on any atom is -0.420 e. The molecular weight excluding hydrogens is 564 g/mol. The third kappa shape index (κ3) is 15.4. The van der Waals surface area contributed by atoms with Gasteiger partial charge in [-0.1, -0.05) is 44.9 Å². The average molecular weight is 609 g/mol. The zero-order valence-corrected chi connectivity index (χ0v) is 24.3. The van der Waals surface area contributed by atoms with Crippen molar-refractivity contribution in [1.29, 1.82) is 0 Å².